The summed E-state index contributed by atoms with van der Waals surface area (Å²) in [5, 5.41) is 4.77. The van der Waals surface area contributed by atoms with Gasteiger partial charge >= 0.3 is 0 Å². The molecule has 0 aliphatic rings. The van der Waals surface area contributed by atoms with Crippen molar-refractivity contribution >= 4 is 44.8 Å². The van der Waals surface area contributed by atoms with Gasteiger partial charge in [0.05, 0.1) is 9.35 Å². The van der Waals surface area contributed by atoms with Gasteiger partial charge in [-0.25, -0.2) is 0 Å². The van der Waals surface area contributed by atoms with Crippen molar-refractivity contribution in [1.82, 2.24) is 5.32 Å². The SMILES string of the molecule is CC(CCCCl)NC(=O)c1csc(Br)c1. The first-order valence-corrected chi connectivity index (χ1v) is 6.95. The summed E-state index contributed by atoms with van der Waals surface area (Å²) < 4.78 is 0.973. The number of carbonyl (C=O) groups excluding carboxylic acids is 1. The minimum absolute atomic E-state index is 0.0148. The number of alkyl halides is 1. The smallest absolute Gasteiger partial charge is 0.252 e. The molecule has 0 aliphatic carbocycles. The molecule has 0 aliphatic heterocycles. The number of hydrogen-bond donors (Lipinski definition) is 1. The first kappa shape index (κ1) is 13.0. The van der Waals surface area contributed by atoms with Crippen LogP contribution in [0, 0.1) is 0 Å². The van der Waals surface area contributed by atoms with Gasteiger partial charge in [-0.2, -0.15) is 0 Å². The van der Waals surface area contributed by atoms with Crippen LogP contribution in [0.1, 0.15) is 30.1 Å². The lowest BCUT2D eigenvalue weighted by Crippen LogP contribution is -2.32. The summed E-state index contributed by atoms with van der Waals surface area (Å²) in [5.41, 5.74) is 0.713. The summed E-state index contributed by atoms with van der Waals surface area (Å²) in [4.78, 5) is 11.7. The first-order chi connectivity index (χ1) is 7.13. The topological polar surface area (TPSA) is 29.1 Å². The van der Waals surface area contributed by atoms with E-state index < -0.39 is 0 Å². The zero-order valence-corrected chi connectivity index (χ0v) is 11.6. The Morgan fingerprint density at radius 1 is 1.73 bits per heavy atom. The van der Waals surface area contributed by atoms with Gasteiger partial charge in [-0.15, -0.1) is 22.9 Å². The van der Waals surface area contributed by atoms with Crippen LogP contribution in [0.4, 0.5) is 0 Å². The Morgan fingerprint density at radius 2 is 2.47 bits per heavy atom. The third kappa shape index (κ3) is 4.53. The Hall–Kier alpha value is -0.0600. The molecule has 2 nitrogen and oxygen atoms in total. The Labute approximate surface area is 107 Å². The molecule has 0 aromatic carbocycles. The second kappa shape index (κ2) is 6.51. The molecular formula is C10H13BrClNOS. The molecular weight excluding hydrogens is 298 g/mol. The van der Waals surface area contributed by atoms with Gasteiger partial charge in [0.1, 0.15) is 0 Å². The van der Waals surface area contributed by atoms with Crippen molar-refractivity contribution < 1.29 is 4.79 Å². The molecule has 5 heteroatoms. The summed E-state index contributed by atoms with van der Waals surface area (Å²) in [5.74, 6) is 0.628. The summed E-state index contributed by atoms with van der Waals surface area (Å²) in [7, 11) is 0. The number of rotatable bonds is 5. The van der Waals surface area contributed by atoms with Crippen molar-refractivity contribution in [3.05, 3.63) is 20.8 Å². The zero-order chi connectivity index (χ0) is 11.3. The van der Waals surface area contributed by atoms with Crippen LogP contribution in [0.5, 0.6) is 0 Å². The molecule has 1 heterocycles. The fourth-order valence-electron chi connectivity index (χ4n) is 1.19. The highest BCUT2D eigenvalue weighted by atomic mass is 79.9. The van der Waals surface area contributed by atoms with Crippen molar-refractivity contribution in [3.63, 3.8) is 0 Å². The standard InChI is InChI=1S/C10H13BrClNOS/c1-7(3-2-4-12)13-10(14)8-5-9(11)15-6-8/h5-7H,2-4H2,1H3,(H,13,14). The molecule has 0 saturated carbocycles. The Balaban J connectivity index is 2.42. The van der Waals surface area contributed by atoms with E-state index in [1.165, 1.54) is 11.3 Å². The van der Waals surface area contributed by atoms with E-state index in [1.807, 2.05) is 18.4 Å². The van der Waals surface area contributed by atoms with E-state index in [-0.39, 0.29) is 11.9 Å². The van der Waals surface area contributed by atoms with E-state index in [4.69, 9.17) is 11.6 Å². The van der Waals surface area contributed by atoms with Gasteiger partial charge in [-0.1, -0.05) is 0 Å². The summed E-state index contributed by atoms with van der Waals surface area (Å²) in [6.45, 7) is 1.99. The lowest BCUT2D eigenvalue weighted by Gasteiger charge is -2.12. The lowest BCUT2D eigenvalue weighted by atomic mass is 10.2. The predicted molar refractivity (Wildman–Crippen MR) is 68.9 cm³/mol. The van der Waals surface area contributed by atoms with E-state index >= 15 is 0 Å². The molecule has 1 unspecified atom stereocenters. The van der Waals surface area contributed by atoms with E-state index in [0.29, 0.717) is 11.4 Å². The van der Waals surface area contributed by atoms with Crippen molar-refractivity contribution in [1.29, 1.82) is 0 Å². The van der Waals surface area contributed by atoms with Crippen molar-refractivity contribution in [2.45, 2.75) is 25.8 Å². The van der Waals surface area contributed by atoms with Gasteiger partial charge in [0.25, 0.3) is 5.91 Å². The lowest BCUT2D eigenvalue weighted by molar-refractivity contribution is 0.0939. The second-order valence-electron chi connectivity index (χ2n) is 3.35. The maximum Gasteiger partial charge on any atom is 0.252 e. The molecule has 0 fully saturated rings. The van der Waals surface area contributed by atoms with Gasteiger partial charge in [0.15, 0.2) is 0 Å². The van der Waals surface area contributed by atoms with Crippen LogP contribution in [0.25, 0.3) is 0 Å². The highest BCUT2D eigenvalue weighted by Crippen LogP contribution is 2.20. The van der Waals surface area contributed by atoms with Crippen molar-refractivity contribution in [2.24, 2.45) is 0 Å². The van der Waals surface area contributed by atoms with Crippen LogP contribution in [0.3, 0.4) is 0 Å². The van der Waals surface area contributed by atoms with Crippen LogP contribution in [-0.2, 0) is 0 Å². The number of carbonyl (C=O) groups is 1. The molecule has 0 bridgehead atoms. The van der Waals surface area contributed by atoms with Gasteiger partial charge in [0.2, 0.25) is 0 Å². The normalized spacial score (nSPS) is 12.5. The minimum Gasteiger partial charge on any atom is -0.350 e. The van der Waals surface area contributed by atoms with E-state index in [0.717, 1.165) is 16.6 Å². The highest BCUT2D eigenvalue weighted by Gasteiger charge is 2.10. The van der Waals surface area contributed by atoms with Crippen molar-refractivity contribution in [3.8, 4) is 0 Å². The monoisotopic (exact) mass is 309 g/mol. The fraction of sp³-hybridized carbons (Fsp3) is 0.500. The van der Waals surface area contributed by atoms with Crippen LogP contribution in [0.15, 0.2) is 15.2 Å². The van der Waals surface area contributed by atoms with Crippen LogP contribution in [-0.4, -0.2) is 17.8 Å². The van der Waals surface area contributed by atoms with E-state index in [2.05, 4.69) is 21.2 Å². The average Bonchev–Trinajstić information content (AvgIpc) is 2.61. The number of nitrogens with one attached hydrogen (secondary N) is 1. The van der Waals surface area contributed by atoms with Gasteiger partial charge in [0, 0.05) is 17.3 Å². The van der Waals surface area contributed by atoms with Gasteiger partial charge in [-0.3, -0.25) is 4.79 Å². The maximum atomic E-state index is 11.7. The molecule has 1 aromatic rings. The Bertz CT molecular complexity index is 329. The van der Waals surface area contributed by atoms with E-state index in [1.54, 1.807) is 0 Å². The molecule has 1 N–H and O–H groups in total. The van der Waals surface area contributed by atoms with Crippen LogP contribution < -0.4 is 5.32 Å². The zero-order valence-electron chi connectivity index (χ0n) is 8.43. The number of halogens is 2. The first-order valence-electron chi connectivity index (χ1n) is 4.74. The van der Waals surface area contributed by atoms with Crippen LogP contribution in [0.2, 0.25) is 0 Å². The molecule has 1 atom stereocenters. The fourth-order valence-corrected chi connectivity index (χ4v) is 2.48. The quantitative estimate of drug-likeness (QED) is 0.826. The summed E-state index contributed by atoms with van der Waals surface area (Å²) in [6.07, 6.45) is 1.84. The Kier molecular flexibility index (Phi) is 5.64. The summed E-state index contributed by atoms with van der Waals surface area (Å²) in [6, 6.07) is 2.00. The molecule has 0 radical (unpaired) electrons. The van der Waals surface area contributed by atoms with Gasteiger partial charge in [-0.05, 0) is 41.8 Å². The second-order valence-corrected chi connectivity index (χ2v) is 6.01. The van der Waals surface area contributed by atoms with Crippen LogP contribution >= 0.6 is 38.9 Å². The van der Waals surface area contributed by atoms with Crippen molar-refractivity contribution in [2.75, 3.05) is 5.88 Å². The Morgan fingerprint density at radius 3 is 3.00 bits per heavy atom. The predicted octanol–water partition coefficient (Wildman–Crippen LogP) is 3.65. The molecule has 0 spiro atoms. The third-order valence-electron chi connectivity index (χ3n) is 1.98. The number of hydrogen-bond acceptors (Lipinski definition) is 2. The minimum atomic E-state index is -0.0148. The molecule has 0 saturated heterocycles. The molecule has 15 heavy (non-hydrogen) atoms. The average molecular weight is 311 g/mol. The molecule has 1 amide bonds. The largest absolute Gasteiger partial charge is 0.350 e. The molecule has 1 aromatic heterocycles. The molecule has 84 valence electrons. The number of amides is 1. The molecule has 1 rings (SSSR count). The van der Waals surface area contributed by atoms with Gasteiger partial charge < -0.3 is 5.32 Å². The van der Waals surface area contributed by atoms with E-state index in [9.17, 15) is 4.79 Å². The maximum absolute atomic E-state index is 11.7. The third-order valence-corrected chi connectivity index (χ3v) is 3.75. The summed E-state index contributed by atoms with van der Waals surface area (Å²) >= 11 is 10.4. The number of thiophene rings is 1. The highest BCUT2D eigenvalue weighted by molar-refractivity contribution is 9.11.